The topological polar surface area (TPSA) is 120 Å². The first-order valence-electron chi connectivity index (χ1n) is 4.11. The zero-order valence-corrected chi connectivity index (χ0v) is 7.57. The number of hydrogen-bond donors (Lipinski definition) is 5. The minimum absolute atomic E-state index is 0.563. The Morgan fingerprint density at radius 2 is 1.93 bits per heavy atom. The average Bonchev–Trinajstić information content (AvgIpc) is 2.12. The Bertz CT molecular complexity index is 194. The maximum absolute atomic E-state index is 9.53. The third-order valence-corrected chi connectivity index (χ3v) is 2.25. The molecule has 1 aliphatic rings. The second-order valence-corrected chi connectivity index (χ2v) is 3.40. The highest BCUT2D eigenvalue weighted by Crippen LogP contribution is 2.29. The summed E-state index contributed by atoms with van der Waals surface area (Å²) < 4.78 is 4.82. The van der Waals surface area contributed by atoms with Gasteiger partial charge in [-0.2, -0.15) is 0 Å². The number of aliphatic hydroxyl groups excluding tert-OH is 3. The first kappa shape index (κ1) is 11.8. The van der Waals surface area contributed by atoms with Crippen LogP contribution in [0, 0.1) is 0 Å². The summed E-state index contributed by atoms with van der Waals surface area (Å²) in [6.45, 7) is 0.582. The van der Waals surface area contributed by atoms with Gasteiger partial charge in [0.2, 0.25) is 0 Å². The first-order chi connectivity index (χ1) is 6.44. The van der Waals surface area contributed by atoms with Gasteiger partial charge in [-0.05, 0) is 6.92 Å². The molecule has 1 rings (SSSR count). The molecule has 0 aromatic heterocycles. The fourth-order valence-electron chi connectivity index (χ4n) is 1.46. The standard InChI is InChI=1S/C7H14O7/c1-7(11)6(14-12)5(10)4(9)3(2-8)13-7/h3-6,8-12H,2H2,1H3/t3-,4-,5+,6+,7+/m1/s1. The van der Waals surface area contributed by atoms with E-state index in [9.17, 15) is 15.3 Å². The van der Waals surface area contributed by atoms with Gasteiger partial charge in [0.05, 0.1) is 6.61 Å². The predicted octanol–water partition coefficient (Wildman–Crippen LogP) is -2.33. The van der Waals surface area contributed by atoms with E-state index in [0.29, 0.717) is 0 Å². The van der Waals surface area contributed by atoms with Crippen molar-refractivity contribution >= 4 is 0 Å². The predicted molar refractivity (Wildman–Crippen MR) is 42.1 cm³/mol. The van der Waals surface area contributed by atoms with E-state index in [1.54, 1.807) is 0 Å². The molecule has 0 bridgehead atoms. The molecule has 5 atom stereocenters. The van der Waals surface area contributed by atoms with Gasteiger partial charge in [-0.1, -0.05) is 0 Å². The van der Waals surface area contributed by atoms with Crippen LogP contribution in [0.2, 0.25) is 0 Å². The fourth-order valence-corrected chi connectivity index (χ4v) is 1.46. The Hall–Kier alpha value is -0.280. The quantitative estimate of drug-likeness (QED) is 0.256. The van der Waals surface area contributed by atoms with Gasteiger partial charge in [-0.3, -0.25) is 5.26 Å². The first-order valence-corrected chi connectivity index (χ1v) is 4.11. The summed E-state index contributed by atoms with van der Waals surface area (Å²) in [4.78, 5) is 3.82. The van der Waals surface area contributed by atoms with Crippen molar-refractivity contribution < 1.29 is 35.3 Å². The second-order valence-electron chi connectivity index (χ2n) is 3.40. The highest BCUT2D eigenvalue weighted by Gasteiger charge is 2.51. The molecule has 0 unspecified atom stereocenters. The molecule has 0 aromatic rings. The van der Waals surface area contributed by atoms with E-state index in [1.807, 2.05) is 0 Å². The van der Waals surface area contributed by atoms with E-state index >= 15 is 0 Å². The lowest BCUT2D eigenvalue weighted by Crippen LogP contribution is -2.64. The summed E-state index contributed by atoms with van der Waals surface area (Å²) in [5, 5.41) is 45.4. The molecular formula is C7H14O7. The largest absolute Gasteiger partial charge is 0.394 e. The minimum Gasteiger partial charge on any atom is -0.394 e. The van der Waals surface area contributed by atoms with E-state index < -0.39 is 36.8 Å². The summed E-state index contributed by atoms with van der Waals surface area (Å²) >= 11 is 0. The summed E-state index contributed by atoms with van der Waals surface area (Å²) in [5.74, 6) is -1.97. The molecule has 5 N–H and O–H groups in total. The zero-order valence-electron chi connectivity index (χ0n) is 7.57. The summed E-state index contributed by atoms with van der Waals surface area (Å²) in [6, 6.07) is 0. The van der Waals surface area contributed by atoms with Gasteiger partial charge < -0.3 is 25.2 Å². The van der Waals surface area contributed by atoms with Crippen molar-refractivity contribution in [2.75, 3.05) is 6.61 Å². The van der Waals surface area contributed by atoms with Gasteiger partial charge in [-0.15, -0.1) is 0 Å². The maximum Gasteiger partial charge on any atom is 0.195 e. The van der Waals surface area contributed by atoms with Crippen molar-refractivity contribution in [2.24, 2.45) is 0 Å². The van der Waals surface area contributed by atoms with Gasteiger partial charge in [0.15, 0.2) is 11.9 Å². The highest BCUT2D eigenvalue weighted by atomic mass is 17.1. The summed E-state index contributed by atoms with van der Waals surface area (Å²) in [5.41, 5.74) is 0. The Kier molecular flexibility index (Phi) is 3.43. The van der Waals surface area contributed by atoms with Gasteiger partial charge in [-0.25, -0.2) is 4.89 Å². The SMILES string of the molecule is C[C@]1(O)O[C@H](CO)[C@@H](O)[C@H](O)[C@@H]1OO. The molecule has 7 nitrogen and oxygen atoms in total. The number of rotatable bonds is 2. The average molecular weight is 210 g/mol. The third-order valence-electron chi connectivity index (χ3n) is 2.25. The Morgan fingerprint density at radius 1 is 1.36 bits per heavy atom. The van der Waals surface area contributed by atoms with Crippen molar-refractivity contribution in [3.8, 4) is 0 Å². The molecule has 1 heterocycles. The van der Waals surface area contributed by atoms with Crippen molar-refractivity contribution in [2.45, 2.75) is 37.1 Å². The van der Waals surface area contributed by atoms with E-state index in [2.05, 4.69) is 4.89 Å². The summed E-state index contributed by atoms with van der Waals surface area (Å²) in [6.07, 6.45) is -5.58. The highest BCUT2D eigenvalue weighted by molar-refractivity contribution is 4.94. The van der Waals surface area contributed by atoms with E-state index in [0.717, 1.165) is 6.92 Å². The van der Waals surface area contributed by atoms with Crippen LogP contribution in [0.3, 0.4) is 0 Å². The van der Waals surface area contributed by atoms with Crippen molar-refractivity contribution in [3.63, 3.8) is 0 Å². The molecule has 0 radical (unpaired) electrons. The van der Waals surface area contributed by atoms with Gasteiger partial charge in [0.1, 0.15) is 18.3 Å². The Balaban J connectivity index is 2.83. The molecule has 1 aliphatic heterocycles. The molecule has 0 aromatic carbocycles. The van der Waals surface area contributed by atoms with Crippen LogP contribution in [0.15, 0.2) is 0 Å². The number of ether oxygens (including phenoxy) is 1. The lowest BCUT2D eigenvalue weighted by molar-refractivity contribution is -0.415. The third kappa shape index (κ3) is 1.89. The molecule has 0 amide bonds. The molecule has 1 saturated heterocycles. The molecule has 7 heteroatoms. The molecule has 84 valence electrons. The molecule has 0 spiro atoms. The van der Waals surface area contributed by atoms with Gasteiger partial charge in [0, 0.05) is 0 Å². The van der Waals surface area contributed by atoms with Crippen molar-refractivity contribution in [1.29, 1.82) is 0 Å². The van der Waals surface area contributed by atoms with Crippen LogP contribution in [0.1, 0.15) is 6.92 Å². The monoisotopic (exact) mass is 210 g/mol. The minimum atomic E-state index is -1.97. The fraction of sp³-hybridized carbons (Fsp3) is 1.00. The molecule has 0 aliphatic carbocycles. The van der Waals surface area contributed by atoms with Crippen LogP contribution in [0.25, 0.3) is 0 Å². The number of hydrogen-bond acceptors (Lipinski definition) is 7. The molecule has 1 fully saturated rings. The molecule has 0 saturated carbocycles. The lowest BCUT2D eigenvalue weighted by atomic mass is 9.94. The van der Waals surface area contributed by atoms with Crippen LogP contribution in [-0.4, -0.2) is 62.5 Å². The molecular weight excluding hydrogens is 196 g/mol. The second kappa shape index (κ2) is 4.07. The lowest BCUT2D eigenvalue weighted by Gasteiger charge is -2.44. The maximum atomic E-state index is 9.53. The number of aliphatic hydroxyl groups is 4. The Morgan fingerprint density at radius 3 is 2.36 bits per heavy atom. The van der Waals surface area contributed by atoms with Crippen LogP contribution in [-0.2, 0) is 9.62 Å². The van der Waals surface area contributed by atoms with E-state index in [-0.39, 0.29) is 0 Å². The van der Waals surface area contributed by atoms with Crippen LogP contribution >= 0.6 is 0 Å². The molecule has 14 heavy (non-hydrogen) atoms. The van der Waals surface area contributed by atoms with E-state index in [1.165, 1.54) is 0 Å². The van der Waals surface area contributed by atoms with Gasteiger partial charge >= 0.3 is 0 Å². The zero-order chi connectivity index (χ0) is 10.9. The van der Waals surface area contributed by atoms with Crippen LogP contribution in [0.5, 0.6) is 0 Å². The van der Waals surface area contributed by atoms with Crippen LogP contribution in [0.4, 0.5) is 0 Å². The van der Waals surface area contributed by atoms with Crippen molar-refractivity contribution in [1.82, 2.24) is 0 Å². The summed E-state index contributed by atoms with van der Waals surface area (Å²) in [7, 11) is 0. The normalized spacial score (nSPS) is 49.3. The van der Waals surface area contributed by atoms with Gasteiger partial charge in [0.25, 0.3) is 0 Å². The van der Waals surface area contributed by atoms with Crippen LogP contribution < -0.4 is 0 Å². The Labute approximate surface area is 80.1 Å². The smallest absolute Gasteiger partial charge is 0.195 e. The van der Waals surface area contributed by atoms with E-state index in [4.69, 9.17) is 15.1 Å². The van der Waals surface area contributed by atoms with Crippen molar-refractivity contribution in [3.05, 3.63) is 0 Å².